The lowest BCUT2D eigenvalue weighted by atomic mass is 9.97. The van der Waals surface area contributed by atoms with Crippen LogP contribution in [0, 0.1) is 6.92 Å². The lowest BCUT2D eigenvalue weighted by molar-refractivity contribution is -0.242. The van der Waals surface area contributed by atoms with Crippen LogP contribution in [-0.4, -0.2) is 6.09 Å². The minimum atomic E-state index is -1.29. The number of hydrogen-bond donors (Lipinski definition) is 1. The van der Waals surface area contributed by atoms with Crippen molar-refractivity contribution in [1.82, 2.24) is 0 Å². The topological polar surface area (TPSA) is 52.2 Å². The average molecular weight is 250 g/mol. The van der Waals surface area contributed by atoms with Gasteiger partial charge in [0.15, 0.2) is 0 Å². The zero-order valence-electron chi connectivity index (χ0n) is 10.4. The number of carboxylic acid groups (broad SMARTS) is 1. The molecule has 0 heterocycles. The molecule has 19 heavy (non-hydrogen) atoms. The van der Waals surface area contributed by atoms with Crippen LogP contribution in [0.3, 0.4) is 0 Å². The molecular weight excluding hydrogens is 238 g/mol. The summed E-state index contributed by atoms with van der Waals surface area (Å²) in [6, 6.07) is 15.7. The Morgan fingerprint density at radius 1 is 0.947 bits per heavy atom. The highest BCUT2D eigenvalue weighted by Crippen LogP contribution is 2.33. The number of hydrogen-bond acceptors (Lipinski definition) is 2. The lowest BCUT2D eigenvalue weighted by Gasteiger charge is -2.14. The van der Waals surface area contributed by atoms with Crippen molar-refractivity contribution in [2.24, 2.45) is 0 Å². The highest BCUT2D eigenvalue weighted by atomic mass is 16.4. The monoisotopic (exact) mass is 250 g/mol. The molecular formula is C16H12NO2-. The van der Waals surface area contributed by atoms with Crippen LogP contribution in [0.5, 0.6) is 0 Å². The van der Waals surface area contributed by atoms with Gasteiger partial charge in [0.05, 0.1) is 0 Å². The smallest absolute Gasteiger partial charge is 0.138 e. The van der Waals surface area contributed by atoms with E-state index in [0.717, 1.165) is 27.1 Å². The van der Waals surface area contributed by atoms with Gasteiger partial charge in [-0.25, -0.2) is 0 Å². The summed E-state index contributed by atoms with van der Waals surface area (Å²) in [5, 5.41) is 17.3. The second-order valence-corrected chi connectivity index (χ2v) is 4.55. The minimum Gasteiger partial charge on any atom is -0.530 e. The molecule has 3 aromatic carbocycles. The van der Waals surface area contributed by atoms with Crippen molar-refractivity contribution in [3.63, 3.8) is 0 Å². The third-order valence-electron chi connectivity index (χ3n) is 3.36. The van der Waals surface area contributed by atoms with E-state index in [2.05, 4.69) is 5.32 Å². The summed E-state index contributed by atoms with van der Waals surface area (Å²) in [6.45, 7) is 2.01. The Morgan fingerprint density at radius 3 is 2.32 bits per heavy atom. The van der Waals surface area contributed by atoms with Crippen molar-refractivity contribution < 1.29 is 9.90 Å². The van der Waals surface area contributed by atoms with Crippen molar-refractivity contribution in [2.75, 3.05) is 5.32 Å². The van der Waals surface area contributed by atoms with Crippen LogP contribution in [-0.2, 0) is 0 Å². The molecule has 3 heteroatoms. The first-order valence-corrected chi connectivity index (χ1v) is 6.06. The number of nitrogens with one attached hydrogen (secondary N) is 1. The van der Waals surface area contributed by atoms with E-state index >= 15 is 0 Å². The molecule has 0 unspecified atom stereocenters. The number of carbonyl (C=O) groups is 1. The highest BCUT2D eigenvalue weighted by Gasteiger charge is 2.07. The zero-order valence-corrected chi connectivity index (χ0v) is 10.4. The van der Waals surface area contributed by atoms with E-state index in [0.29, 0.717) is 5.69 Å². The molecule has 0 bridgehead atoms. The number of carbonyl (C=O) groups excluding carboxylic acids is 1. The first-order valence-electron chi connectivity index (χ1n) is 6.06. The Morgan fingerprint density at radius 2 is 1.58 bits per heavy atom. The van der Waals surface area contributed by atoms with Crippen LogP contribution in [0.1, 0.15) is 5.56 Å². The molecule has 0 spiro atoms. The van der Waals surface area contributed by atoms with Gasteiger partial charge in [0.2, 0.25) is 0 Å². The second-order valence-electron chi connectivity index (χ2n) is 4.55. The van der Waals surface area contributed by atoms with Gasteiger partial charge in [-0.3, -0.25) is 0 Å². The first kappa shape index (κ1) is 11.5. The molecule has 0 aliphatic rings. The molecule has 0 fully saturated rings. The fraction of sp³-hybridized carbons (Fsp3) is 0.0625. The predicted octanol–water partition coefficient (Wildman–Crippen LogP) is 3.06. The molecule has 3 nitrogen and oxygen atoms in total. The van der Waals surface area contributed by atoms with Gasteiger partial charge >= 0.3 is 0 Å². The van der Waals surface area contributed by atoms with Crippen molar-refractivity contribution >= 4 is 33.3 Å². The molecule has 0 saturated heterocycles. The van der Waals surface area contributed by atoms with Crippen LogP contribution >= 0.6 is 0 Å². The van der Waals surface area contributed by atoms with Crippen molar-refractivity contribution in [2.45, 2.75) is 6.92 Å². The van der Waals surface area contributed by atoms with E-state index < -0.39 is 6.09 Å². The SMILES string of the molecule is Cc1cccc2c1cc(NC(=O)[O-])c1ccccc12. The maximum Gasteiger partial charge on any atom is 0.138 e. The largest absolute Gasteiger partial charge is 0.530 e. The maximum atomic E-state index is 10.8. The summed E-state index contributed by atoms with van der Waals surface area (Å²) in [7, 11) is 0. The van der Waals surface area contributed by atoms with Gasteiger partial charge in [0.25, 0.3) is 0 Å². The third kappa shape index (κ3) is 1.89. The Balaban J connectivity index is 2.46. The molecule has 0 saturated carbocycles. The van der Waals surface area contributed by atoms with E-state index in [-0.39, 0.29) is 0 Å². The lowest BCUT2D eigenvalue weighted by Crippen LogP contribution is -2.28. The van der Waals surface area contributed by atoms with Crippen LogP contribution in [0.15, 0.2) is 48.5 Å². The fourth-order valence-corrected chi connectivity index (χ4v) is 2.50. The predicted molar refractivity (Wildman–Crippen MR) is 75.2 cm³/mol. The quantitative estimate of drug-likeness (QED) is 0.675. The summed E-state index contributed by atoms with van der Waals surface area (Å²) >= 11 is 0. The number of benzene rings is 3. The number of rotatable bonds is 1. The fourth-order valence-electron chi connectivity index (χ4n) is 2.50. The van der Waals surface area contributed by atoms with E-state index in [1.165, 1.54) is 0 Å². The van der Waals surface area contributed by atoms with Gasteiger partial charge in [0.1, 0.15) is 6.09 Å². The Hall–Kier alpha value is -2.55. The molecule has 1 amide bonds. The van der Waals surface area contributed by atoms with Gasteiger partial charge in [-0.1, -0.05) is 42.5 Å². The molecule has 3 rings (SSSR count). The Labute approximate surface area is 110 Å². The van der Waals surface area contributed by atoms with Gasteiger partial charge in [-0.15, -0.1) is 0 Å². The third-order valence-corrected chi connectivity index (χ3v) is 3.36. The second kappa shape index (κ2) is 4.28. The highest BCUT2D eigenvalue weighted by molar-refractivity contribution is 6.15. The van der Waals surface area contributed by atoms with E-state index in [1.807, 2.05) is 55.5 Å². The number of amides is 1. The Kier molecular flexibility index (Phi) is 2.60. The van der Waals surface area contributed by atoms with Crippen LogP contribution in [0.4, 0.5) is 10.5 Å². The standard InChI is InChI=1S/C16H13NO2/c1-10-5-4-8-12-11-6-2-3-7-13(11)15(9-14(10)12)17-16(18)19/h2-9,17H,1H3,(H,18,19)/p-1. The van der Waals surface area contributed by atoms with E-state index in [9.17, 15) is 9.90 Å². The maximum absolute atomic E-state index is 10.8. The number of anilines is 1. The number of aryl methyl sites for hydroxylation is 1. The van der Waals surface area contributed by atoms with Gasteiger partial charge in [-0.05, 0) is 34.7 Å². The zero-order chi connectivity index (χ0) is 13.4. The van der Waals surface area contributed by atoms with Gasteiger partial charge in [-0.2, -0.15) is 0 Å². The normalized spacial score (nSPS) is 10.8. The minimum absolute atomic E-state index is 0.567. The number of fused-ring (bicyclic) bond motifs is 3. The Bertz CT molecular complexity index is 793. The average Bonchev–Trinajstić information content (AvgIpc) is 2.40. The van der Waals surface area contributed by atoms with Crippen molar-refractivity contribution in [3.8, 4) is 0 Å². The van der Waals surface area contributed by atoms with Crippen LogP contribution < -0.4 is 10.4 Å². The van der Waals surface area contributed by atoms with E-state index in [1.54, 1.807) is 0 Å². The summed E-state index contributed by atoms with van der Waals surface area (Å²) < 4.78 is 0. The molecule has 94 valence electrons. The molecule has 1 N–H and O–H groups in total. The summed E-state index contributed by atoms with van der Waals surface area (Å²) in [5.74, 6) is 0. The van der Waals surface area contributed by atoms with Crippen LogP contribution in [0.2, 0.25) is 0 Å². The molecule has 0 aromatic heterocycles. The first-order chi connectivity index (χ1) is 9.16. The van der Waals surface area contributed by atoms with Gasteiger partial charge in [0, 0.05) is 11.1 Å². The summed E-state index contributed by atoms with van der Waals surface area (Å²) in [5.41, 5.74) is 1.68. The van der Waals surface area contributed by atoms with Crippen molar-refractivity contribution in [1.29, 1.82) is 0 Å². The van der Waals surface area contributed by atoms with Crippen molar-refractivity contribution in [3.05, 3.63) is 54.1 Å². The summed E-state index contributed by atoms with van der Waals surface area (Å²) in [6.07, 6.45) is -1.29. The van der Waals surface area contributed by atoms with Gasteiger partial charge < -0.3 is 15.2 Å². The molecule has 0 atom stereocenters. The molecule has 3 aromatic rings. The van der Waals surface area contributed by atoms with Crippen LogP contribution in [0.25, 0.3) is 21.5 Å². The van der Waals surface area contributed by atoms with E-state index in [4.69, 9.17) is 0 Å². The summed E-state index contributed by atoms with van der Waals surface area (Å²) in [4.78, 5) is 10.8. The molecule has 0 aliphatic carbocycles. The molecule has 0 radical (unpaired) electrons. The molecule has 0 aliphatic heterocycles.